The van der Waals surface area contributed by atoms with Crippen LogP contribution in [0.15, 0.2) is 11.1 Å². The van der Waals surface area contributed by atoms with Gasteiger partial charge in [-0.3, -0.25) is 4.74 Å². The largest absolute Gasteiger partial charge is 0.522 e. The molecular formula is C25H45F3O2. The van der Waals surface area contributed by atoms with Crippen molar-refractivity contribution >= 4 is 0 Å². The molecule has 0 spiro atoms. The summed E-state index contributed by atoms with van der Waals surface area (Å²) >= 11 is 0. The highest BCUT2D eigenvalue weighted by atomic mass is 19.4. The predicted octanol–water partition coefficient (Wildman–Crippen LogP) is 8.48. The molecule has 0 saturated carbocycles. The molecule has 5 heteroatoms. The number of hydrogen-bond donors (Lipinski definition) is 1. The van der Waals surface area contributed by atoms with Crippen molar-refractivity contribution in [2.75, 3.05) is 6.61 Å². The maximum absolute atomic E-state index is 11.8. The second kappa shape index (κ2) is 14.5. The molecule has 178 valence electrons. The summed E-state index contributed by atoms with van der Waals surface area (Å²) in [4.78, 5) is 0. The van der Waals surface area contributed by atoms with Crippen molar-refractivity contribution in [1.82, 2.24) is 0 Å². The third kappa shape index (κ3) is 12.3. The molecule has 0 amide bonds. The lowest BCUT2D eigenvalue weighted by atomic mass is 9.70. The maximum atomic E-state index is 11.8. The number of rotatable bonds is 16. The smallest absolute Gasteiger partial charge is 0.389 e. The van der Waals surface area contributed by atoms with E-state index in [0.717, 1.165) is 38.5 Å². The average molecular weight is 435 g/mol. The fraction of sp³-hybridized carbons (Fsp3) is 0.920. The van der Waals surface area contributed by atoms with Gasteiger partial charge in [0.15, 0.2) is 0 Å². The molecule has 30 heavy (non-hydrogen) atoms. The van der Waals surface area contributed by atoms with E-state index in [4.69, 9.17) is 0 Å². The van der Waals surface area contributed by atoms with Gasteiger partial charge in [0.05, 0.1) is 12.7 Å². The minimum atomic E-state index is -4.48. The van der Waals surface area contributed by atoms with Gasteiger partial charge in [0, 0.05) is 0 Å². The van der Waals surface area contributed by atoms with E-state index in [2.05, 4.69) is 25.5 Å². The molecule has 1 rings (SSSR count). The minimum absolute atomic E-state index is 0.208. The fourth-order valence-electron chi connectivity index (χ4n) is 4.67. The van der Waals surface area contributed by atoms with Gasteiger partial charge < -0.3 is 5.11 Å². The van der Waals surface area contributed by atoms with Crippen LogP contribution in [0.5, 0.6) is 0 Å². The normalized spacial score (nSPS) is 19.5. The van der Waals surface area contributed by atoms with E-state index in [0.29, 0.717) is 6.42 Å². The average Bonchev–Trinajstić information content (AvgIpc) is 2.66. The van der Waals surface area contributed by atoms with Crippen LogP contribution in [0.4, 0.5) is 13.2 Å². The van der Waals surface area contributed by atoms with Crippen molar-refractivity contribution < 1.29 is 23.0 Å². The van der Waals surface area contributed by atoms with E-state index in [9.17, 15) is 18.3 Å². The van der Waals surface area contributed by atoms with Gasteiger partial charge in [-0.25, -0.2) is 0 Å². The molecule has 0 aromatic rings. The highest BCUT2D eigenvalue weighted by Gasteiger charge is 2.31. The van der Waals surface area contributed by atoms with Crippen LogP contribution < -0.4 is 0 Å². The molecule has 1 unspecified atom stereocenters. The number of unbranched alkanes of at least 4 members (excludes halogenated alkanes) is 12. The third-order valence-electron chi connectivity index (χ3n) is 6.67. The van der Waals surface area contributed by atoms with E-state index >= 15 is 0 Å². The van der Waals surface area contributed by atoms with E-state index in [-0.39, 0.29) is 18.1 Å². The molecule has 0 bridgehead atoms. The lowest BCUT2D eigenvalue weighted by Gasteiger charge is -2.37. The van der Waals surface area contributed by atoms with Crippen molar-refractivity contribution in [3.63, 3.8) is 0 Å². The Hall–Kier alpha value is -0.550. The van der Waals surface area contributed by atoms with Crippen molar-refractivity contribution in [1.29, 1.82) is 0 Å². The van der Waals surface area contributed by atoms with Crippen LogP contribution >= 0.6 is 0 Å². The van der Waals surface area contributed by atoms with Gasteiger partial charge in [0.1, 0.15) is 0 Å². The predicted molar refractivity (Wildman–Crippen MR) is 118 cm³/mol. The van der Waals surface area contributed by atoms with Gasteiger partial charge in [-0.15, -0.1) is 13.2 Å². The Morgan fingerprint density at radius 1 is 0.833 bits per heavy atom. The Bertz CT molecular complexity index is 483. The first-order valence-electron chi connectivity index (χ1n) is 12.2. The molecule has 0 aromatic heterocycles. The Balaban J connectivity index is 1.89. The monoisotopic (exact) mass is 434 g/mol. The van der Waals surface area contributed by atoms with Crippen molar-refractivity contribution in [2.45, 2.75) is 136 Å². The Morgan fingerprint density at radius 2 is 1.27 bits per heavy atom. The number of alkyl halides is 3. The summed E-state index contributed by atoms with van der Waals surface area (Å²) in [7, 11) is 0. The van der Waals surface area contributed by atoms with Crippen LogP contribution in [0.3, 0.4) is 0 Å². The van der Waals surface area contributed by atoms with Crippen LogP contribution in [0, 0.1) is 5.41 Å². The standard InChI is InChI=1S/C25H45F3O2/c1-21-22(24(2,3)19-18-23(21)29)17-15-13-11-9-7-5-4-6-8-10-12-14-16-20-30-25(26,27)28/h23,29H,4-20H2,1-3H3. The maximum Gasteiger partial charge on any atom is 0.522 e. The van der Waals surface area contributed by atoms with Gasteiger partial charge in [-0.2, -0.15) is 0 Å². The molecule has 0 saturated heterocycles. The fourth-order valence-corrected chi connectivity index (χ4v) is 4.67. The molecule has 1 atom stereocenters. The topological polar surface area (TPSA) is 29.5 Å². The van der Waals surface area contributed by atoms with E-state index in [1.54, 1.807) is 0 Å². The zero-order valence-electron chi connectivity index (χ0n) is 19.6. The Morgan fingerprint density at radius 3 is 1.73 bits per heavy atom. The summed E-state index contributed by atoms with van der Waals surface area (Å²) in [5.74, 6) is 0. The first kappa shape index (κ1) is 27.5. The Kier molecular flexibility index (Phi) is 13.3. The van der Waals surface area contributed by atoms with Gasteiger partial charge in [-0.05, 0) is 50.0 Å². The van der Waals surface area contributed by atoms with Crippen molar-refractivity contribution in [3.8, 4) is 0 Å². The van der Waals surface area contributed by atoms with E-state index in [1.807, 2.05) is 0 Å². The summed E-state index contributed by atoms with van der Waals surface area (Å²) in [5, 5.41) is 10.1. The van der Waals surface area contributed by atoms with Crippen LogP contribution in [-0.2, 0) is 4.74 Å². The quantitative estimate of drug-likeness (QED) is 0.195. The second-order valence-corrected chi connectivity index (χ2v) is 9.74. The zero-order chi connectivity index (χ0) is 22.5. The summed E-state index contributed by atoms with van der Waals surface area (Å²) in [6, 6.07) is 0. The molecule has 1 aliphatic rings. The van der Waals surface area contributed by atoms with E-state index < -0.39 is 6.36 Å². The highest BCUT2D eigenvalue weighted by Crippen LogP contribution is 2.42. The number of hydrogen-bond acceptors (Lipinski definition) is 2. The SMILES string of the molecule is CC1=C(CCCCCCCCCCCCCCCOC(F)(F)F)C(C)(C)CCC1O. The number of halogens is 3. The molecule has 0 aromatic carbocycles. The lowest BCUT2D eigenvalue weighted by Crippen LogP contribution is -2.28. The highest BCUT2D eigenvalue weighted by molar-refractivity contribution is 5.25. The van der Waals surface area contributed by atoms with Crippen LogP contribution in [0.1, 0.15) is 124 Å². The zero-order valence-corrected chi connectivity index (χ0v) is 19.6. The molecule has 2 nitrogen and oxygen atoms in total. The summed E-state index contributed by atoms with van der Waals surface area (Å²) in [6.45, 7) is 6.55. The molecule has 0 radical (unpaired) electrons. The van der Waals surface area contributed by atoms with Crippen LogP contribution in [-0.4, -0.2) is 24.2 Å². The van der Waals surface area contributed by atoms with Crippen LogP contribution in [0.25, 0.3) is 0 Å². The Labute approximate surface area is 182 Å². The number of aliphatic hydroxyl groups excluding tert-OH is 1. The molecule has 1 N–H and O–H groups in total. The second-order valence-electron chi connectivity index (χ2n) is 9.74. The van der Waals surface area contributed by atoms with Crippen molar-refractivity contribution in [3.05, 3.63) is 11.1 Å². The van der Waals surface area contributed by atoms with Crippen molar-refractivity contribution in [2.24, 2.45) is 5.41 Å². The minimum Gasteiger partial charge on any atom is -0.389 e. The third-order valence-corrected chi connectivity index (χ3v) is 6.67. The molecule has 1 aliphatic carbocycles. The molecule has 0 fully saturated rings. The first-order valence-corrected chi connectivity index (χ1v) is 12.2. The van der Waals surface area contributed by atoms with Gasteiger partial charge in [-0.1, -0.05) is 90.0 Å². The molecule has 0 aliphatic heterocycles. The first-order chi connectivity index (χ1) is 14.1. The number of aliphatic hydroxyl groups is 1. The number of allylic oxidation sites excluding steroid dienone is 1. The van der Waals surface area contributed by atoms with Crippen LogP contribution in [0.2, 0.25) is 0 Å². The molecular weight excluding hydrogens is 389 g/mol. The lowest BCUT2D eigenvalue weighted by molar-refractivity contribution is -0.324. The van der Waals surface area contributed by atoms with E-state index in [1.165, 1.54) is 68.9 Å². The van der Waals surface area contributed by atoms with Gasteiger partial charge >= 0.3 is 6.36 Å². The summed E-state index contributed by atoms with van der Waals surface area (Å²) in [6.07, 6.45) is 13.3. The van der Waals surface area contributed by atoms with Gasteiger partial charge in [0.25, 0.3) is 0 Å². The number of ether oxygens (including phenoxy) is 1. The van der Waals surface area contributed by atoms with Gasteiger partial charge in [0.2, 0.25) is 0 Å². The molecule has 0 heterocycles. The summed E-state index contributed by atoms with van der Waals surface area (Å²) in [5.41, 5.74) is 2.97. The summed E-state index contributed by atoms with van der Waals surface area (Å²) < 4.78 is 39.2.